The summed E-state index contributed by atoms with van der Waals surface area (Å²) in [4.78, 5) is 0. The van der Waals surface area contributed by atoms with Crippen molar-refractivity contribution in [3.05, 3.63) is 65.5 Å². The van der Waals surface area contributed by atoms with Crippen LogP contribution in [0.3, 0.4) is 0 Å². The summed E-state index contributed by atoms with van der Waals surface area (Å²) in [7, 11) is 1.39. The standard InChI is InChI=1S/C16H17FO3/c1-20-14-9-5-8-12(15(14)17)10-13(18)16(19)11-6-3-2-4-7-11/h2-9,13,16,18-19H,10H2,1H3. The van der Waals surface area contributed by atoms with Gasteiger partial charge in [0.15, 0.2) is 11.6 Å². The van der Waals surface area contributed by atoms with Crippen molar-refractivity contribution < 1.29 is 19.3 Å². The van der Waals surface area contributed by atoms with Gasteiger partial charge in [-0.3, -0.25) is 0 Å². The van der Waals surface area contributed by atoms with Crippen molar-refractivity contribution in [2.24, 2.45) is 0 Å². The van der Waals surface area contributed by atoms with Crippen LogP contribution in [0, 0.1) is 5.82 Å². The lowest BCUT2D eigenvalue weighted by Gasteiger charge is -2.19. The van der Waals surface area contributed by atoms with Gasteiger partial charge in [0, 0.05) is 6.42 Å². The number of rotatable bonds is 5. The summed E-state index contributed by atoms with van der Waals surface area (Å²) in [6, 6.07) is 13.5. The van der Waals surface area contributed by atoms with Crippen LogP contribution in [0.4, 0.5) is 4.39 Å². The summed E-state index contributed by atoms with van der Waals surface area (Å²) in [5.74, 6) is -0.377. The van der Waals surface area contributed by atoms with Crippen LogP contribution >= 0.6 is 0 Å². The first-order valence-corrected chi connectivity index (χ1v) is 6.36. The van der Waals surface area contributed by atoms with E-state index in [2.05, 4.69) is 0 Å². The number of aliphatic hydroxyl groups excluding tert-OH is 2. The maximum absolute atomic E-state index is 14.0. The van der Waals surface area contributed by atoms with Crippen molar-refractivity contribution >= 4 is 0 Å². The minimum Gasteiger partial charge on any atom is -0.494 e. The van der Waals surface area contributed by atoms with Crippen molar-refractivity contribution in [2.75, 3.05) is 7.11 Å². The Bertz CT molecular complexity index is 557. The highest BCUT2D eigenvalue weighted by atomic mass is 19.1. The maximum atomic E-state index is 14.0. The van der Waals surface area contributed by atoms with Gasteiger partial charge in [0.05, 0.1) is 13.2 Å². The average molecular weight is 276 g/mol. The molecule has 0 aromatic heterocycles. The smallest absolute Gasteiger partial charge is 0.168 e. The van der Waals surface area contributed by atoms with Crippen LogP contribution in [0.25, 0.3) is 0 Å². The molecule has 20 heavy (non-hydrogen) atoms. The van der Waals surface area contributed by atoms with Gasteiger partial charge in [-0.15, -0.1) is 0 Å². The zero-order valence-electron chi connectivity index (χ0n) is 11.2. The molecule has 0 aliphatic heterocycles. The van der Waals surface area contributed by atoms with Crippen molar-refractivity contribution in [3.8, 4) is 5.75 Å². The minimum atomic E-state index is -1.08. The molecule has 0 spiro atoms. The predicted octanol–water partition coefficient (Wildman–Crippen LogP) is 2.47. The second-order valence-electron chi connectivity index (χ2n) is 4.56. The molecule has 2 aromatic carbocycles. The van der Waals surface area contributed by atoms with Crippen molar-refractivity contribution in [3.63, 3.8) is 0 Å². The third-order valence-corrected chi connectivity index (χ3v) is 3.20. The highest BCUT2D eigenvalue weighted by Crippen LogP contribution is 2.24. The van der Waals surface area contributed by atoms with E-state index in [0.717, 1.165) is 0 Å². The largest absolute Gasteiger partial charge is 0.494 e. The molecule has 0 saturated heterocycles. The first-order valence-electron chi connectivity index (χ1n) is 6.36. The highest BCUT2D eigenvalue weighted by Gasteiger charge is 2.20. The second kappa shape index (κ2) is 6.50. The first-order chi connectivity index (χ1) is 9.63. The fourth-order valence-electron chi connectivity index (χ4n) is 2.08. The molecule has 0 fully saturated rings. The van der Waals surface area contributed by atoms with E-state index in [0.29, 0.717) is 11.1 Å². The average Bonchev–Trinajstić information content (AvgIpc) is 2.49. The van der Waals surface area contributed by atoms with E-state index in [1.165, 1.54) is 13.2 Å². The van der Waals surface area contributed by atoms with Gasteiger partial charge < -0.3 is 14.9 Å². The molecule has 2 unspecified atom stereocenters. The summed E-state index contributed by atoms with van der Waals surface area (Å²) in [5, 5.41) is 20.1. The molecule has 2 N–H and O–H groups in total. The Morgan fingerprint density at radius 1 is 1.05 bits per heavy atom. The fourth-order valence-corrected chi connectivity index (χ4v) is 2.08. The van der Waals surface area contributed by atoms with Gasteiger partial charge in [0.1, 0.15) is 6.10 Å². The van der Waals surface area contributed by atoms with E-state index in [9.17, 15) is 14.6 Å². The van der Waals surface area contributed by atoms with Gasteiger partial charge in [0.2, 0.25) is 0 Å². The summed E-state index contributed by atoms with van der Waals surface area (Å²) >= 11 is 0. The molecule has 2 atom stereocenters. The summed E-state index contributed by atoms with van der Waals surface area (Å²) in [5.41, 5.74) is 0.912. The predicted molar refractivity (Wildman–Crippen MR) is 74.1 cm³/mol. The molecule has 2 aromatic rings. The number of halogens is 1. The van der Waals surface area contributed by atoms with E-state index in [-0.39, 0.29) is 12.2 Å². The Morgan fingerprint density at radius 2 is 1.75 bits per heavy atom. The molecule has 3 nitrogen and oxygen atoms in total. The van der Waals surface area contributed by atoms with Gasteiger partial charge in [-0.25, -0.2) is 4.39 Å². The number of aliphatic hydroxyl groups is 2. The number of hydrogen-bond acceptors (Lipinski definition) is 3. The quantitative estimate of drug-likeness (QED) is 0.882. The molecular formula is C16H17FO3. The first kappa shape index (κ1) is 14.5. The molecule has 4 heteroatoms. The molecule has 0 radical (unpaired) electrons. The van der Waals surface area contributed by atoms with E-state index >= 15 is 0 Å². The lowest BCUT2D eigenvalue weighted by Crippen LogP contribution is -2.21. The van der Waals surface area contributed by atoms with Crippen LogP contribution < -0.4 is 4.74 Å². The third kappa shape index (κ3) is 3.15. The van der Waals surface area contributed by atoms with Crippen LogP contribution in [-0.2, 0) is 6.42 Å². The van der Waals surface area contributed by atoms with Gasteiger partial charge in [-0.2, -0.15) is 0 Å². The van der Waals surface area contributed by atoms with E-state index in [1.807, 2.05) is 6.07 Å². The van der Waals surface area contributed by atoms with Crippen molar-refractivity contribution in [1.82, 2.24) is 0 Å². The maximum Gasteiger partial charge on any atom is 0.168 e. The molecule has 0 saturated carbocycles. The van der Waals surface area contributed by atoms with Crippen molar-refractivity contribution in [1.29, 1.82) is 0 Å². The number of hydrogen-bond donors (Lipinski definition) is 2. The molecule has 106 valence electrons. The molecule has 0 amide bonds. The normalized spacial score (nSPS) is 13.8. The fraction of sp³-hybridized carbons (Fsp3) is 0.250. The Morgan fingerprint density at radius 3 is 2.40 bits per heavy atom. The van der Waals surface area contributed by atoms with Crippen LogP contribution in [0.1, 0.15) is 17.2 Å². The Labute approximate surface area is 117 Å². The Hall–Kier alpha value is -1.91. The van der Waals surface area contributed by atoms with Crippen LogP contribution in [0.2, 0.25) is 0 Å². The Kier molecular flexibility index (Phi) is 4.71. The number of ether oxygens (including phenoxy) is 1. The van der Waals surface area contributed by atoms with Gasteiger partial charge in [-0.1, -0.05) is 42.5 Å². The molecule has 0 aliphatic carbocycles. The molecule has 0 aliphatic rings. The highest BCUT2D eigenvalue weighted by molar-refractivity contribution is 5.32. The minimum absolute atomic E-state index is 0.0130. The molecule has 0 heterocycles. The molecule has 0 bridgehead atoms. The second-order valence-corrected chi connectivity index (χ2v) is 4.56. The SMILES string of the molecule is COc1cccc(CC(O)C(O)c2ccccc2)c1F. The summed E-state index contributed by atoms with van der Waals surface area (Å²) in [6.07, 6.45) is -2.13. The monoisotopic (exact) mass is 276 g/mol. The van der Waals surface area contributed by atoms with E-state index < -0.39 is 18.0 Å². The topological polar surface area (TPSA) is 49.7 Å². The number of benzene rings is 2. The molecular weight excluding hydrogens is 259 g/mol. The Balaban J connectivity index is 2.14. The van der Waals surface area contributed by atoms with E-state index in [1.54, 1.807) is 36.4 Å². The van der Waals surface area contributed by atoms with E-state index in [4.69, 9.17) is 4.74 Å². The summed E-state index contributed by atoms with van der Waals surface area (Å²) < 4.78 is 18.9. The zero-order chi connectivity index (χ0) is 14.5. The molecule has 2 rings (SSSR count). The number of methoxy groups -OCH3 is 1. The van der Waals surface area contributed by atoms with Crippen LogP contribution in [0.5, 0.6) is 5.75 Å². The zero-order valence-corrected chi connectivity index (χ0v) is 11.2. The van der Waals surface area contributed by atoms with Gasteiger partial charge in [0.25, 0.3) is 0 Å². The van der Waals surface area contributed by atoms with Gasteiger partial charge >= 0.3 is 0 Å². The summed E-state index contributed by atoms with van der Waals surface area (Å²) in [6.45, 7) is 0. The van der Waals surface area contributed by atoms with Crippen LogP contribution in [0.15, 0.2) is 48.5 Å². The lowest BCUT2D eigenvalue weighted by atomic mass is 9.98. The van der Waals surface area contributed by atoms with Crippen molar-refractivity contribution in [2.45, 2.75) is 18.6 Å². The third-order valence-electron chi connectivity index (χ3n) is 3.20. The lowest BCUT2D eigenvalue weighted by molar-refractivity contribution is 0.0184. The van der Waals surface area contributed by atoms with Crippen LogP contribution in [-0.4, -0.2) is 23.4 Å². The van der Waals surface area contributed by atoms with Gasteiger partial charge in [-0.05, 0) is 17.2 Å².